The summed E-state index contributed by atoms with van der Waals surface area (Å²) in [6.07, 6.45) is 4.18. The summed E-state index contributed by atoms with van der Waals surface area (Å²) >= 11 is 0. The first-order valence-corrected chi connectivity index (χ1v) is 7.22. The predicted octanol–water partition coefficient (Wildman–Crippen LogP) is 1.07. The molecule has 1 aromatic heterocycles. The Morgan fingerprint density at radius 3 is 2.85 bits per heavy atom. The fourth-order valence-corrected chi connectivity index (χ4v) is 2.72. The number of anilines is 1. The molecule has 0 aliphatic carbocycles. The average molecular weight is 277 g/mol. The Labute approximate surface area is 120 Å². The van der Waals surface area contributed by atoms with Crippen LogP contribution in [0.15, 0.2) is 12.4 Å². The van der Waals surface area contributed by atoms with Crippen molar-refractivity contribution in [2.75, 3.05) is 38.5 Å². The van der Waals surface area contributed by atoms with E-state index < -0.39 is 0 Å². The first-order chi connectivity index (χ1) is 9.69. The Balaban J connectivity index is 2.03. The molecule has 6 heteroatoms. The zero-order valence-corrected chi connectivity index (χ0v) is 12.5. The number of hydrogen-bond donors (Lipinski definition) is 1. The van der Waals surface area contributed by atoms with Crippen LogP contribution in [0.25, 0.3) is 0 Å². The lowest BCUT2D eigenvalue weighted by Gasteiger charge is -2.26. The van der Waals surface area contributed by atoms with Gasteiger partial charge in [-0.3, -0.25) is 14.7 Å². The number of hydrogen-bond acceptors (Lipinski definition) is 5. The number of carbonyl (C=O) groups excluding carboxylic acids is 1. The first-order valence-electron chi connectivity index (χ1n) is 7.22. The van der Waals surface area contributed by atoms with E-state index in [0.717, 1.165) is 32.6 Å². The third kappa shape index (κ3) is 3.07. The standard InChI is InChI=1S/C14H23N5O/c1-4-18(5-2)11-6-7-19(10-11)14(20)12-8-16-9-13(15-3)17-12/h8-9,11H,4-7,10H2,1-3H3,(H,15,17). The van der Waals surface area contributed by atoms with Gasteiger partial charge in [-0.15, -0.1) is 0 Å². The maximum Gasteiger partial charge on any atom is 0.274 e. The number of amides is 1. The van der Waals surface area contributed by atoms with Gasteiger partial charge in [-0.2, -0.15) is 0 Å². The highest BCUT2D eigenvalue weighted by atomic mass is 16.2. The van der Waals surface area contributed by atoms with Gasteiger partial charge in [0.1, 0.15) is 11.5 Å². The van der Waals surface area contributed by atoms with E-state index in [4.69, 9.17) is 0 Å². The Kier molecular flexibility index (Phi) is 4.89. The Hall–Kier alpha value is -1.69. The Bertz CT molecular complexity index is 461. The Morgan fingerprint density at radius 1 is 1.45 bits per heavy atom. The molecule has 1 aliphatic rings. The van der Waals surface area contributed by atoms with Crippen LogP contribution in [0, 0.1) is 0 Å². The van der Waals surface area contributed by atoms with Crippen molar-refractivity contribution in [3.8, 4) is 0 Å². The zero-order chi connectivity index (χ0) is 14.5. The van der Waals surface area contributed by atoms with E-state index in [2.05, 4.69) is 34.0 Å². The van der Waals surface area contributed by atoms with Gasteiger partial charge in [0.05, 0.1) is 12.4 Å². The number of aromatic nitrogens is 2. The molecule has 1 N–H and O–H groups in total. The lowest BCUT2D eigenvalue weighted by Crippen LogP contribution is -2.38. The molecule has 1 unspecified atom stereocenters. The second kappa shape index (κ2) is 6.65. The van der Waals surface area contributed by atoms with Crippen molar-refractivity contribution < 1.29 is 4.79 Å². The number of likely N-dealkylation sites (tertiary alicyclic amines) is 1. The molecule has 1 fully saturated rings. The van der Waals surface area contributed by atoms with Crippen LogP contribution in [-0.2, 0) is 0 Å². The van der Waals surface area contributed by atoms with Crippen molar-refractivity contribution in [3.05, 3.63) is 18.1 Å². The predicted molar refractivity (Wildman–Crippen MR) is 78.8 cm³/mol. The fourth-order valence-electron chi connectivity index (χ4n) is 2.72. The Morgan fingerprint density at radius 2 is 2.20 bits per heavy atom. The molecule has 0 radical (unpaired) electrons. The largest absolute Gasteiger partial charge is 0.372 e. The van der Waals surface area contributed by atoms with Gasteiger partial charge in [-0.05, 0) is 19.5 Å². The molecule has 20 heavy (non-hydrogen) atoms. The van der Waals surface area contributed by atoms with Crippen LogP contribution in [0.4, 0.5) is 5.82 Å². The number of rotatable bonds is 5. The molecule has 0 saturated carbocycles. The molecule has 1 aliphatic heterocycles. The summed E-state index contributed by atoms with van der Waals surface area (Å²) in [4.78, 5) is 25.0. The van der Waals surface area contributed by atoms with Crippen LogP contribution in [-0.4, -0.2) is 64.9 Å². The van der Waals surface area contributed by atoms with Gasteiger partial charge in [0.15, 0.2) is 0 Å². The molecule has 0 spiro atoms. The highest BCUT2D eigenvalue weighted by Crippen LogP contribution is 2.17. The smallest absolute Gasteiger partial charge is 0.274 e. The van der Waals surface area contributed by atoms with Crippen LogP contribution >= 0.6 is 0 Å². The summed E-state index contributed by atoms with van der Waals surface area (Å²) in [5.41, 5.74) is 0.414. The number of likely N-dealkylation sites (N-methyl/N-ethyl adjacent to an activating group) is 1. The summed E-state index contributed by atoms with van der Waals surface area (Å²) in [5, 5.41) is 2.91. The van der Waals surface area contributed by atoms with E-state index in [0.29, 0.717) is 17.6 Å². The van der Waals surface area contributed by atoms with Crippen LogP contribution in [0.3, 0.4) is 0 Å². The van der Waals surface area contributed by atoms with Crippen molar-refractivity contribution in [2.24, 2.45) is 0 Å². The van der Waals surface area contributed by atoms with Crippen molar-refractivity contribution >= 4 is 11.7 Å². The van der Waals surface area contributed by atoms with Gasteiger partial charge < -0.3 is 10.2 Å². The first kappa shape index (κ1) is 14.7. The molecule has 2 heterocycles. The van der Waals surface area contributed by atoms with Gasteiger partial charge >= 0.3 is 0 Å². The van der Waals surface area contributed by atoms with Crippen molar-refractivity contribution in [2.45, 2.75) is 26.3 Å². The average Bonchev–Trinajstić information content (AvgIpc) is 2.97. The summed E-state index contributed by atoms with van der Waals surface area (Å²) in [6, 6.07) is 0.467. The summed E-state index contributed by atoms with van der Waals surface area (Å²) in [6.45, 7) is 7.96. The number of nitrogens with one attached hydrogen (secondary N) is 1. The number of carbonyl (C=O) groups is 1. The second-order valence-corrected chi connectivity index (χ2v) is 4.95. The second-order valence-electron chi connectivity index (χ2n) is 4.95. The minimum Gasteiger partial charge on any atom is -0.372 e. The third-order valence-corrected chi connectivity index (χ3v) is 3.89. The third-order valence-electron chi connectivity index (χ3n) is 3.89. The molecule has 6 nitrogen and oxygen atoms in total. The van der Waals surface area contributed by atoms with Crippen LogP contribution in [0.1, 0.15) is 30.8 Å². The molecule has 2 rings (SSSR count). The molecule has 110 valence electrons. The molecular formula is C14H23N5O. The van der Waals surface area contributed by atoms with Crippen LogP contribution in [0.5, 0.6) is 0 Å². The van der Waals surface area contributed by atoms with Crippen molar-refractivity contribution in [1.29, 1.82) is 0 Å². The van der Waals surface area contributed by atoms with E-state index in [9.17, 15) is 4.79 Å². The lowest BCUT2D eigenvalue weighted by molar-refractivity contribution is 0.0772. The highest BCUT2D eigenvalue weighted by molar-refractivity contribution is 5.92. The maximum absolute atomic E-state index is 12.4. The SMILES string of the molecule is CCN(CC)C1CCN(C(=O)c2cncc(NC)n2)C1. The van der Waals surface area contributed by atoms with E-state index in [-0.39, 0.29) is 5.91 Å². The highest BCUT2D eigenvalue weighted by Gasteiger charge is 2.30. The van der Waals surface area contributed by atoms with Crippen molar-refractivity contribution in [3.63, 3.8) is 0 Å². The molecule has 0 bridgehead atoms. The summed E-state index contributed by atoms with van der Waals surface area (Å²) in [7, 11) is 1.77. The molecule has 1 amide bonds. The van der Waals surface area contributed by atoms with Gasteiger partial charge in [0.25, 0.3) is 5.91 Å². The van der Waals surface area contributed by atoms with Gasteiger partial charge in [0, 0.05) is 26.2 Å². The molecule has 0 aromatic carbocycles. The van der Waals surface area contributed by atoms with Crippen molar-refractivity contribution in [1.82, 2.24) is 19.8 Å². The van der Waals surface area contributed by atoms with E-state index in [1.165, 1.54) is 6.20 Å². The number of nitrogens with zero attached hydrogens (tertiary/aromatic N) is 4. The molecular weight excluding hydrogens is 254 g/mol. The summed E-state index contributed by atoms with van der Waals surface area (Å²) in [5.74, 6) is 0.597. The zero-order valence-electron chi connectivity index (χ0n) is 12.5. The molecule has 1 saturated heterocycles. The normalized spacial score (nSPS) is 18.6. The topological polar surface area (TPSA) is 61.4 Å². The quantitative estimate of drug-likeness (QED) is 0.872. The minimum atomic E-state index is -0.0238. The van der Waals surface area contributed by atoms with E-state index >= 15 is 0 Å². The van der Waals surface area contributed by atoms with Gasteiger partial charge in [0.2, 0.25) is 0 Å². The minimum absolute atomic E-state index is 0.0238. The molecule has 1 atom stereocenters. The van der Waals surface area contributed by atoms with Gasteiger partial charge in [-0.25, -0.2) is 4.98 Å². The van der Waals surface area contributed by atoms with Crippen LogP contribution in [0.2, 0.25) is 0 Å². The fraction of sp³-hybridized carbons (Fsp3) is 0.643. The maximum atomic E-state index is 12.4. The molecule has 1 aromatic rings. The van der Waals surface area contributed by atoms with Gasteiger partial charge in [-0.1, -0.05) is 13.8 Å². The monoisotopic (exact) mass is 277 g/mol. The van der Waals surface area contributed by atoms with E-state index in [1.807, 2.05) is 4.90 Å². The summed E-state index contributed by atoms with van der Waals surface area (Å²) < 4.78 is 0. The van der Waals surface area contributed by atoms with E-state index in [1.54, 1.807) is 13.2 Å². The van der Waals surface area contributed by atoms with Crippen LogP contribution < -0.4 is 5.32 Å². The lowest BCUT2D eigenvalue weighted by atomic mass is 10.2.